The minimum Gasteiger partial charge on any atom is -0.380 e. The van der Waals surface area contributed by atoms with Crippen molar-refractivity contribution in [2.24, 2.45) is 10.9 Å². The van der Waals surface area contributed by atoms with Gasteiger partial charge in [0.15, 0.2) is 5.84 Å². The van der Waals surface area contributed by atoms with Crippen LogP contribution in [0.3, 0.4) is 0 Å². The molecule has 2 rings (SSSR count). The molecule has 0 spiro atoms. The molecule has 0 aliphatic carbocycles. The van der Waals surface area contributed by atoms with Crippen LogP contribution in [-0.4, -0.2) is 21.7 Å². The van der Waals surface area contributed by atoms with Crippen molar-refractivity contribution in [2.45, 2.75) is 13.8 Å². The molecule has 0 amide bonds. The molecule has 8 nitrogen and oxygen atoms in total. The molecule has 2 aromatic rings. The average Bonchev–Trinajstić information content (AvgIpc) is 2.51. The maximum atomic E-state index is 11.9. The Bertz CT molecular complexity index is 811. The molecule has 1 aromatic carbocycles. The number of nitrogens with zero attached hydrogens (tertiary/aromatic N) is 3. The molecule has 0 aliphatic rings. The summed E-state index contributed by atoms with van der Waals surface area (Å²) < 4.78 is 0. The Balaban J connectivity index is 2.18. The fraction of sp³-hybridized carbons (Fsp3) is 0.133. The van der Waals surface area contributed by atoms with Crippen molar-refractivity contribution in [3.05, 3.63) is 68.0 Å². The lowest BCUT2D eigenvalue weighted by atomic mass is 10.1. The van der Waals surface area contributed by atoms with Crippen LogP contribution in [0.4, 0.5) is 5.69 Å². The zero-order chi connectivity index (χ0) is 17.9. The first-order chi connectivity index (χ1) is 11.3. The van der Waals surface area contributed by atoms with Crippen LogP contribution < -0.4 is 5.73 Å². The van der Waals surface area contributed by atoms with E-state index in [-0.39, 0.29) is 22.2 Å². The summed E-state index contributed by atoms with van der Waals surface area (Å²) in [7, 11) is 0. The lowest BCUT2D eigenvalue weighted by molar-refractivity contribution is -0.384. The number of aryl methyl sites for hydroxylation is 2. The second-order valence-corrected chi connectivity index (χ2v) is 5.26. The monoisotopic (exact) mass is 348 g/mol. The number of hydrogen-bond donors (Lipinski definition) is 1. The molecule has 24 heavy (non-hydrogen) atoms. The van der Waals surface area contributed by atoms with Crippen molar-refractivity contribution >= 4 is 29.1 Å². The van der Waals surface area contributed by atoms with E-state index in [4.69, 9.17) is 22.2 Å². The van der Waals surface area contributed by atoms with E-state index in [1.807, 2.05) is 0 Å². The van der Waals surface area contributed by atoms with Gasteiger partial charge in [-0.15, -0.1) is 0 Å². The van der Waals surface area contributed by atoms with E-state index in [0.717, 1.165) is 11.3 Å². The van der Waals surface area contributed by atoms with Crippen LogP contribution in [0.1, 0.15) is 27.2 Å². The van der Waals surface area contributed by atoms with Gasteiger partial charge in [0, 0.05) is 17.8 Å². The Morgan fingerprint density at radius 1 is 1.33 bits per heavy atom. The SMILES string of the molecule is Cc1cc(C)c(/C(N)=N\OC(=O)c2ccc([N+](=O)[O-])cc2)c(Cl)n1. The zero-order valence-electron chi connectivity index (χ0n) is 12.8. The third-order valence-electron chi connectivity index (χ3n) is 3.10. The summed E-state index contributed by atoms with van der Waals surface area (Å²) in [4.78, 5) is 30.7. The van der Waals surface area contributed by atoms with Crippen molar-refractivity contribution in [1.29, 1.82) is 0 Å². The Morgan fingerprint density at radius 2 is 1.96 bits per heavy atom. The third-order valence-corrected chi connectivity index (χ3v) is 3.37. The molecule has 1 aromatic heterocycles. The Labute approximate surface area is 142 Å². The Hall–Kier alpha value is -3.00. The van der Waals surface area contributed by atoms with Crippen molar-refractivity contribution in [3.8, 4) is 0 Å². The predicted molar refractivity (Wildman–Crippen MR) is 88.0 cm³/mol. The molecule has 0 fully saturated rings. The standard InChI is InChI=1S/C15H13ClN4O4/c1-8-7-9(2)18-13(16)12(8)14(17)19-24-15(21)10-3-5-11(6-4-10)20(22)23/h3-7H,1-2H3,(H2,17,19). The second-order valence-electron chi connectivity index (χ2n) is 4.91. The minimum atomic E-state index is -0.804. The number of nitrogens with two attached hydrogens (primary N) is 1. The lowest BCUT2D eigenvalue weighted by Crippen LogP contribution is -2.18. The maximum Gasteiger partial charge on any atom is 0.365 e. The van der Waals surface area contributed by atoms with Crippen LogP contribution in [0.5, 0.6) is 0 Å². The normalized spacial score (nSPS) is 11.2. The van der Waals surface area contributed by atoms with Crippen molar-refractivity contribution in [2.75, 3.05) is 0 Å². The summed E-state index contributed by atoms with van der Waals surface area (Å²) in [6, 6.07) is 6.67. The maximum absolute atomic E-state index is 11.9. The number of pyridine rings is 1. The van der Waals surface area contributed by atoms with Crippen LogP contribution >= 0.6 is 11.6 Å². The van der Waals surface area contributed by atoms with E-state index in [0.29, 0.717) is 5.56 Å². The van der Waals surface area contributed by atoms with Gasteiger partial charge in [-0.2, -0.15) is 0 Å². The summed E-state index contributed by atoms with van der Waals surface area (Å²) in [6.07, 6.45) is 0. The van der Waals surface area contributed by atoms with E-state index in [2.05, 4.69) is 10.1 Å². The van der Waals surface area contributed by atoms with E-state index in [9.17, 15) is 14.9 Å². The van der Waals surface area contributed by atoms with Gasteiger partial charge < -0.3 is 10.6 Å². The number of oxime groups is 1. The molecule has 2 N–H and O–H groups in total. The van der Waals surface area contributed by atoms with Crippen LogP contribution in [-0.2, 0) is 4.84 Å². The molecule has 1 heterocycles. The second kappa shape index (κ2) is 7.05. The van der Waals surface area contributed by atoms with Gasteiger partial charge in [-0.25, -0.2) is 9.78 Å². The highest BCUT2D eigenvalue weighted by molar-refractivity contribution is 6.33. The first kappa shape index (κ1) is 17.4. The highest BCUT2D eigenvalue weighted by Gasteiger charge is 2.14. The van der Waals surface area contributed by atoms with Gasteiger partial charge in [-0.1, -0.05) is 16.8 Å². The van der Waals surface area contributed by atoms with Crippen molar-refractivity contribution in [1.82, 2.24) is 4.98 Å². The van der Waals surface area contributed by atoms with Crippen LogP contribution in [0.25, 0.3) is 0 Å². The highest BCUT2D eigenvalue weighted by atomic mass is 35.5. The fourth-order valence-electron chi connectivity index (χ4n) is 2.01. The topological polar surface area (TPSA) is 121 Å². The number of amidine groups is 1. The fourth-order valence-corrected chi connectivity index (χ4v) is 2.39. The van der Waals surface area contributed by atoms with Gasteiger partial charge in [0.05, 0.1) is 16.1 Å². The molecular formula is C15H13ClN4O4. The van der Waals surface area contributed by atoms with Gasteiger partial charge in [0.2, 0.25) is 0 Å². The number of benzene rings is 1. The van der Waals surface area contributed by atoms with Crippen LogP contribution in [0, 0.1) is 24.0 Å². The van der Waals surface area contributed by atoms with Gasteiger partial charge in [-0.05, 0) is 37.6 Å². The number of nitro groups is 1. The number of halogens is 1. The van der Waals surface area contributed by atoms with Gasteiger partial charge in [-0.3, -0.25) is 10.1 Å². The average molecular weight is 349 g/mol. The first-order valence-electron chi connectivity index (χ1n) is 6.73. The van der Waals surface area contributed by atoms with E-state index < -0.39 is 10.9 Å². The molecule has 0 bridgehead atoms. The molecule has 0 radical (unpaired) electrons. The predicted octanol–water partition coefficient (Wildman–Crippen LogP) is 2.74. The summed E-state index contributed by atoms with van der Waals surface area (Å²) in [5, 5.41) is 14.3. The number of rotatable bonds is 4. The molecule has 9 heteroatoms. The van der Waals surface area contributed by atoms with E-state index in [1.54, 1.807) is 19.9 Å². The van der Waals surface area contributed by atoms with Gasteiger partial charge in [0.25, 0.3) is 5.69 Å². The van der Waals surface area contributed by atoms with Crippen LogP contribution in [0.2, 0.25) is 5.15 Å². The summed E-state index contributed by atoms with van der Waals surface area (Å²) in [5.41, 5.74) is 7.59. The Morgan fingerprint density at radius 3 is 2.50 bits per heavy atom. The van der Waals surface area contributed by atoms with E-state index in [1.165, 1.54) is 24.3 Å². The number of aromatic nitrogens is 1. The molecule has 124 valence electrons. The van der Waals surface area contributed by atoms with Crippen molar-refractivity contribution in [3.63, 3.8) is 0 Å². The first-order valence-corrected chi connectivity index (χ1v) is 7.10. The molecule has 0 aliphatic heterocycles. The number of hydrogen-bond acceptors (Lipinski definition) is 6. The summed E-state index contributed by atoms with van der Waals surface area (Å²) >= 11 is 6.03. The van der Waals surface area contributed by atoms with Crippen LogP contribution in [0.15, 0.2) is 35.5 Å². The van der Waals surface area contributed by atoms with Crippen molar-refractivity contribution < 1.29 is 14.6 Å². The van der Waals surface area contributed by atoms with Gasteiger partial charge in [0.1, 0.15) is 5.15 Å². The molecule has 0 unspecified atom stereocenters. The molecular weight excluding hydrogens is 336 g/mol. The molecule has 0 saturated carbocycles. The smallest absolute Gasteiger partial charge is 0.365 e. The minimum absolute atomic E-state index is 0.0970. The number of non-ortho nitro benzene ring substituents is 1. The number of carbonyl (C=O) groups is 1. The molecule has 0 atom stereocenters. The highest BCUT2D eigenvalue weighted by Crippen LogP contribution is 2.19. The molecule has 0 saturated heterocycles. The van der Waals surface area contributed by atoms with Gasteiger partial charge >= 0.3 is 5.97 Å². The lowest BCUT2D eigenvalue weighted by Gasteiger charge is -2.07. The Kier molecular flexibility index (Phi) is 5.10. The number of nitro benzene ring substituents is 1. The summed E-state index contributed by atoms with van der Waals surface area (Å²) in [5.74, 6) is -0.901. The quantitative estimate of drug-likeness (QED) is 0.226. The number of carbonyl (C=O) groups excluding carboxylic acids is 1. The summed E-state index contributed by atoms with van der Waals surface area (Å²) in [6.45, 7) is 3.56. The largest absolute Gasteiger partial charge is 0.380 e. The third kappa shape index (κ3) is 3.85. The van der Waals surface area contributed by atoms with E-state index >= 15 is 0 Å². The zero-order valence-corrected chi connectivity index (χ0v) is 13.6.